The second-order valence-electron chi connectivity index (χ2n) is 7.17. The highest BCUT2D eigenvalue weighted by Crippen LogP contribution is 2.42. The number of carbonyl (C=O) groups is 2. The van der Waals surface area contributed by atoms with Gasteiger partial charge in [0.05, 0.1) is 24.0 Å². The highest BCUT2D eigenvalue weighted by molar-refractivity contribution is 7.16. The van der Waals surface area contributed by atoms with Gasteiger partial charge >= 0.3 is 6.09 Å². The zero-order valence-electron chi connectivity index (χ0n) is 17.5. The topological polar surface area (TPSA) is 99.4 Å². The number of nitrogens with zero attached hydrogens (tertiary/aromatic N) is 5. The van der Waals surface area contributed by atoms with E-state index in [9.17, 15) is 14.9 Å². The molecule has 0 atom stereocenters. The summed E-state index contributed by atoms with van der Waals surface area (Å²) in [5.74, 6) is -0.123. The van der Waals surface area contributed by atoms with E-state index >= 15 is 0 Å². The molecule has 162 valence electrons. The summed E-state index contributed by atoms with van der Waals surface area (Å²) in [7, 11) is 0. The van der Waals surface area contributed by atoms with Crippen LogP contribution in [-0.4, -0.2) is 33.4 Å². The molecule has 9 heteroatoms. The summed E-state index contributed by atoms with van der Waals surface area (Å²) >= 11 is 1.37. The van der Waals surface area contributed by atoms with Crippen molar-refractivity contribution in [2.75, 3.05) is 11.4 Å². The molecular weight excluding hydrogens is 426 g/mol. The Labute approximate surface area is 189 Å². The van der Waals surface area contributed by atoms with Crippen molar-refractivity contribution in [1.82, 2.24) is 14.9 Å². The van der Waals surface area contributed by atoms with Gasteiger partial charge in [0, 0.05) is 36.4 Å². The van der Waals surface area contributed by atoms with Crippen LogP contribution in [0.25, 0.3) is 0 Å². The third-order valence-corrected chi connectivity index (χ3v) is 6.38. The minimum atomic E-state index is -0.408. The van der Waals surface area contributed by atoms with Gasteiger partial charge in [-0.2, -0.15) is 5.26 Å². The Balaban J connectivity index is 1.58. The Morgan fingerprint density at radius 1 is 1.25 bits per heavy atom. The zero-order chi connectivity index (χ0) is 22.5. The lowest BCUT2D eigenvalue weighted by atomic mass is 10.0. The van der Waals surface area contributed by atoms with Crippen LogP contribution in [0.15, 0.2) is 49.1 Å². The van der Waals surface area contributed by atoms with Crippen LogP contribution in [-0.2, 0) is 29.1 Å². The molecule has 1 aliphatic heterocycles. The van der Waals surface area contributed by atoms with Gasteiger partial charge in [-0.15, -0.1) is 11.3 Å². The molecule has 0 saturated heterocycles. The van der Waals surface area contributed by atoms with E-state index in [-0.39, 0.29) is 18.9 Å². The molecule has 4 heterocycles. The molecular formula is C23H21N5O3S. The standard InChI is InChI=1S/C23H21N5O3S/c1-2-21(29)28(17-4-3-8-26-13-17)22-19(12-24)18-7-11-27(14-20(18)32-22)23(30)31-15-16-5-9-25-10-6-16/h3-6,8-10,13H,2,7,11,14-15H2,1H3. The number of thiophene rings is 1. The molecule has 0 radical (unpaired) electrons. The highest BCUT2D eigenvalue weighted by Gasteiger charge is 2.31. The van der Waals surface area contributed by atoms with Crippen molar-refractivity contribution < 1.29 is 14.3 Å². The minimum Gasteiger partial charge on any atom is -0.445 e. The van der Waals surface area contributed by atoms with Crippen molar-refractivity contribution in [3.8, 4) is 6.07 Å². The number of ether oxygens (including phenoxy) is 1. The van der Waals surface area contributed by atoms with Gasteiger partial charge in [-0.3, -0.25) is 19.7 Å². The predicted octanol–water partition coefficient (Wildman–Crippen LogP) is 4.18. The maximum absolute atomic E-state index is 12.8. The van der Waals surface area contributed by atoms with Gasteiger partial charge in [0.2, 0.25) is 5.91 Å². The fourth-order valence-corrected chi connectivity index (χ4v) is 4.90. The normalized spacial score (nSPS) is 12.6. The largest absolute Gasteiger partial charge is 0.445 e. The first-order chi connectivity index (χ1) is 15.6. The predicted molar refractivity (Wildman–Crippen MR) is 119 cm³/mol. The number of amides is 2. The Morgan fingerprint density at radius 2 is 2.06 bits per heavy atom. The van der Waals surface area contributed by atoms with E-state index in [1.807, 2.05) is 0 Å². The van der Waals surface area contributed by atoms with E-state index in [1.165, 1.54) is 11.3 Å². The first kappa shape index (κ1) is 21.5. The van der Waals surface area contributed by atoms with E-state index in [1.54, 1.807) is 65.8 Å². The summed E-state index contributed by atoms with van der Waals surface area (Å²) in [6.07, 6.45) is 6.95. The van der Waals surface area contributed by atoms with Gasteiger partial charge in [0.1, 0.15) is 17.7 Å². The molecule has 0 saturated carbocycles. The molecule has 0 fully saturated rings. The quantitative estimate of drug-likeness (QED) is 0.582. The number of pyridine rings is 2. The molecule has 0 unspecified atom stereocenters. The van der Waals surface area contributed by atoms with Gasteiger partial charge in [0.25, 0.3) is 0 Å². The number of hydrogen-bond acceptors (Lipinski definition) is 7. The van der Waals surface area contributed by atoms with Crippen molar-refractivity contribution in [3.63, 3.8) is 0 Å². The van der Waals surface area contributed by atoms with Crippen LogP contribution in [0.4, 0.5) is 15.5 Å². The maximum Gasteiger partial charge on any atom is 0.410 e. The van der Waals surface area contributed by atoms with Gasteiger partial charge in [0.15, 0.2) is 0 Å². The van der Waals surface area contributed by atoms with Crippen molar-refractivity contribution >= 4 is 34.0 Å². The smallest absolute Gasteiger partial charge is 0.410 e. The van der Waals surface area contributed by atoms with E-state index in [0.29, 0.717) is 35.8 Å². The van der Waals surface area contributed by atoms with Crippen LogP contribution in [0.1, 0.15) is 34.9 Å². The van der Waals surface area contributed by atoms with Crippen LogP contribution in [0, 0.1) is 11.3 Å². The number of carbonyl (C=O) groups excluding carboxylic acids is 2. The van der Waals surface area contributed by atoms with E-state index in [0.717, 1.165) is 16.0 Å². The number of hydrogen-bond donors (Lipinski definition) is 0. The van der Waals surface area contributed by atoms with Gasteiger partial charge < -0.3 is 9.64 Å². The molecule has 1 aliphatic rings. The lowest BCUT2D eigenvalue weighted by Crippen LogP contribution is -2.35. The molecule has 8 nitrogen and oxygen atoms in total. The van der Waals surface area contributed by atoms with Crippen molar-refractivity contribution in [2.24, 2.45) is 0 Å². The van der Waals surface area contributed by atoms with Crippen LogP contribution in [0.5, 0.6) is 0 Å². The fraction of sp³-hybridized carbons (Fsp3) is 0.261. The summed E-state index contributed by atoms with van der Waals surface area (Å²) in [5.41, 5.74) is 2.86. The SMILES string of the molecule is CCC(=O)N(c1cccnc1)c1sc2c(c1C#N)CCN(C(=O)OCc1ccncc1)C2. The Kier molecular flexibility index (Phi) is 6.42. The van der Waals surface area contributed by atoms with E-state index < -0.39 is 6.09 Å². The van der Waals surface area contributed by atoms with E-state index in [2.05, 4.69) is 16.0 Å². The molecule has 32 heavy (non-hydrogen) atoms. The summed E-state index contributed by atoms with van der Waals surface area (Å²) in [6.45, 7) is 2.74. The van der Waals surface area contributed by atoms with Crippen LogP contribution in [0.3, 0.4) is 0 Å². The second kappa shape index (κ2) is 9.58. The van der Waals surface area contributed by atoms with E-state index in [4.69, 9.17) is 4.74 Å². The number of fused-ring (bicyclic) bond motifs is 1. The van der Waals surface area contributed by atoms with Gasteiger partial charge in [-0.05, 0) is 41.8 Å². The molecule has 3 aromatic rings. The molecule has 0 spiro atoms. The third-order valence-electron chi connectivity index (χ3n) is 5.18. The number of nitriles is 1. The summed E-state index contributed by atoms with van der Waals surface area (Å²) in [4.78, 5) is 37.5. The molecule has 2 amide bonds. The molecule has 4 rings (SSSR count). The van der Waals surface area contributed by atoms with Gasteiger partial charge in [-0.25, -0.2) is 4.79 Å². The molecule has 0 N–H and O–H groups in total. The first-order valence-corrected chi connectivity index (χ1v) is 11.0. The summed E-state index contributed by atoms with van der Waals surface area (Å²) in [5, 5.41) is 10.5. The first-order valence-electron chi connectivity index (χ1n) is 10.2. The average Bonchev–Trinajstić information content (AvgIpc) is 3.21. The summed E-state index contributed by atoms with van der Waals surface area (Å²) in [6, 6.07) is 9.42. The lowest BCUT2D eigenvalue weighted by molar-refractivity contribution is -0.117. The van der Waals surface area contributed by atoms with Crippen LogP contribution in [0.2, 0.25) is 0 Å². The molecule has 0 aromatic carbocycles. The Hall–Kier alpha value is -3.77. The monoisotopic (exact) mass is 447 g/mol. The fourth-order valence-electron chi connectivity index (χ4n) is 3.55. The van der Waals surface area contributed by atoms with Gasteiger partial charge in [-0.1, -0.05) is 6.92 Å². The number of anilines is 2. The Morgan fingerprint density at radius 3 is 2.75 bits per heavy atom. The highest BCUT2D eigenvalue weighted by atomic mass is 32.1. The van der Waals surface area contributed by atoms with Crippen LogP contribution < -0.4 is 4.90 Å². The van der Waals surface area contributed by atoms with Crippen molar-refractivity contribution in [1.29, 1.82) is 5.26 Å². The second-order valence-corrected chi connectivity index (χ2v) is 8.25. The minimum absolute atomic E-state index is 0.123. The van der Waals surface area contributed by atoms with Crippen LogP contribution >= 0.6 is 11.3 Å². The number of aromatic nitrogens is 2. The number of rotatable bonds is 5. The zero-order valence-corrected chi connectivity index (χ0v) is 18.3. The third kappa shape index (κ3) is 4.31. The summed E-state index contributed by atoms with van der Waals surface area (Å²) < 4.78 is 5.44. The Bertz CT molecular complexity index is 1160. The lowest BCUT2D eigenvalue weighted by Gasteiger charge is -2.26. The molecule has 0 aliphatic carbocycles. The molecule has 0 bridgehead atoms. The average molecular weight is 448 g/mol. The van der Waals surface area contributed by atoms with Crippen molar-refractivity contribution in [2.45, 2.75) is 32.9 Å². The van der Waals surface area contributed by atoms with Crippen molar-refractivity contribution in [3.05, 3.63) is 70.6 Å². The molecule has 3 aromatic heterocycles. The maximum atomic E-state index is 12.8.